The molecule has 0 saturated carbocycles. The Morgan fingerprint density at radius 1 is 1.35 bits per heavy atom. The van der Waals surface area contributed by atoms with Crippen molar-refractivity contribution in [3.05, 3.63) is 39.4 Å². The van der Waals surface area contributed by atoms with E-state index in [0.29, 0.717) is 5.56 Å². The zero-order chi connectivity index (χ0) is 15.4. The first kappa shape index (κ1) is 15.6. The molecule has 0 spiro atoms. The molecule has 1 atom stereocenters. The van der Waals surface area contributed by atoms with Crippen molar-refractivity contribution in [1.82, 2.24) is 5.32 Å². The molecular weight excluding hydrogens is 264 g/mol. The number of carboxylic acids is 1. The molecule has 0 radical (unpaired) electrons. The topological polar surface area (TPSA) is 110 Å². The van der Waals surface area contributed by atoms with E-state index in [4.69, 9.17) is 5.11 Å². The Hall–Kier alpha value is -2.44. The van der Waals surface area contributed by atoms with Crippen molar-refractivity contribution >= 4 is 17.6 Å². The number of nitrogens with one attached hydrogen (secondary N) is 1. The van der Waals surface area contributed by atoms with Crippen molar-refractivity contribution in [3.8, 4) is 0 Å². The average Bonchev–Trinajstić information content (AvgIpc) is 2.34. The second-order valence-electron chi connectivity index (χ2n) is 4.79. The summed E-state index contributed by atoms with van der Waals surface area (Å²) in [6.45, 7) is 4.93. The van der Waals surface area contributed by atoms with E-state index in [1.807, 2.05) is 0 Å². The largest absolute Gasteiger partial charge is 0.480 e. The molecule has 0 bridgehead atoms. The van der Waals surface area contributed by atoms with E-state index < -0.39 is 22.8 Å². The quantitative estimate of drug-likeness (QED) is 0.630. The van der Waals surface area contributed by atoms with Crippen LogP contribution in [-0.2, 0) is 4.79 Å². The second-order valence-corrected chi connectivity index (χ2v) is 4.79. The summed E-state index contributed by atoms with van der Waals surface area (Å²) in [5.74, 6) is -1.94. The Bertz CT molecular complexity index is 554. The highest BCUT2D eigenvalue weighted by Crippen LogP contribution is 2.17. The summed E-state index contributed by atoms with van der Waals surface area (Å²) in [5, 5.41) is 22.1. The third-order valence-electron chi connectivity index (χ3n) is 2.88. The predicted molar refractivity (Wildman–Crippen MR) is 71.6 cm³/mol. The van der Waals surface area contributed by atoms with Gasteiger partial charge in [0.1, 0.15) is 6.04 Å². The van der Waals surface area contributed by atoms with Crippen LogP contribution in [0, 0.1) is 23.0 Å². The van der Waals surface area contributed by atoms with Gasteiger partial charge in [0.2, 0.25) is 0 Å². The molecule has 1 aromatic carbocycles. The fraction of sp³-hybridized carbons (Fsp3) is 0.385. The number of rotatable bonds is 5. The zero-order valence-electron chi connectivity index (χ0n) is 11.4. The van der Waals surface area contributed by atoms with Crippen LogP contribution in [0.3, 0.4) is 0 Å². The van der Waals surface area contributed by atoms with E-state index in [2.05, 4.69) is 5.32 Å². The van der Waals surface area contributed by atoms with Crippen LogP contribution >= 0.6 is 0 Å². The highest BCUT2D eigenvalue weighted by Gasteiger charge is 2.24. The number of nitrogens with zero attached hydrogens (tertiary/aromatic N) is 1. The summed E-state index contributed by atoms with van der Waals surface area (Å²) in [7, 11) is 0. The van der Waals surface area contributed by atoms with Gasteiger partial charge >= 0.3 is 5.97 Å². The molecule has 1 amide bonds. The number of hydrogen-bond donors (Lipinski definition) is 2. The van der Waals surface area contributed by atoms with Crippen LogP contribution in [0.4, 0.5) is 5.69 Å². The summed E-state index contributed by atoms with van der Waals surface area (Å²) >= 11 is 0. The maximum Gasteiger partial charge on any atom is 0.326 e. The van der Waals surface area contributed by atoms with Gasteiger partial charge in [-0.15, -0.1) is 0 Å². The lowest BCUT2D eigenvalue weighted by Crippen LogP contribution is -2.44. The minimum absolute atomic E-state index is 0.113. The molecule has 0 aliphatic rings. The van der Waals surface area contributed by atoms with E-state index in [1.54, 1.807) is 20.8 Å². The number of aryl methyl sites for hydroxylation is 1. The van der Waals surface area contributed by atoms with Gasteiger partial charge in [0, 0.05) is 17.7 Å². The molecule has 7 heteroatoms. The first-order valence-electron chi connectivity index (χ1n) is 6.02. The van der Waals surface area contributed by atoms with Crippen LogP contribution < -0.4 is 5.32 Å². The van der Waals surface area contributed by atoms with Crippen molar-refractivity contribution in [2.24, 2.45) is 5.92 Å². The van der Waals surface area contributed by atoms with Gasteiger partial charge in [0.25, 0.3) is 11.6 Å². The zero-order valence-corrected chi connectivity index (χ0v) is 11.4. The number of carbonyl (C=O) groups is 2. The van der Waals surface area contributed by atoms with E-state index in [0.717, 1.165) is 0 Å². The summed E-state index contributed by atoms with van der Waals surface area (Å²) in [4.78, 5) is 33.1. The summed E-state index contributed by atoms with van der Waals surface area (Å²) in [5.41, 5.74) is 0.532. The Labute approximate surface area is 115 Å². The molecule has 0 aliphatic carbocycles. The fourth-order valence-corrected chi connectivity index (χ4v) is 1.75. The van der Waals surface area contributed by atoms with Crippen LogP contribution in [0.5, 0.6) is 0 Å². The summed E-state index contributed by atoms with van der Waals surface area (Å²) < 4.78 is 0. The number of hydrogen-bond acceptors (Lipinski definition) is 4. The molecule has 1 aromatic rings. The number of carbonyl (C=O) groups excluding carboxylic acids is 1. The van der Waals surface area contributed by atoms with Gasteiger partial charge in [0.05, 0.1) is 4.92 Å². The molecule has 20 heavy (non-hydrogen) atoms. The lowest BCUT2D eigenvalue weighted by atomic mass is 10.0. The smallest absolute Gasteiger partial charge is 0.326 e. The third-order valence-corrected chi connectivity index (χ3v) is 2.88. The average molecular weight is 280 g/mol. The SMILES string of the molecule is Cc1cc([N+](=O)[O-])ccc1C(=O)N[C@@H](C(=O)O)C(C)C. The molecule has 0 aliphatic heterocycles. The third kappa shape index (κ3) is 3.53. The van der Waals surface area contributed by atoms with Crippen LogP contribution in [-0.4, -0.2) is 27.9 Å². The highest BCUT2D eigenvalue weighted by molar-refractivity contribution is 5.98. The Kier molecular flexibility index (Phi) is 4.79. The molecule has 1 rings (SSSR count). The summed E-state index contributed by atoms with van der Waals surface area (Å²) in [6, 6.07) is 2.81. The number of carboxylic acid groups (broad SMARTS) is 1. The number of aliphatic carboxylic acids is 1. The van der Waals surface area contributed by atoms with Crippen LogP contribution in [0.25, 0.3) is 0 Å². The number of amides is 1. The molecule has 7 nitrogen and oxygen atoms in total. The van der Waals surface area contributed by atoms with Crippen molar-refractivity contribution in [2.75, 3.05) is 0 Å². The van der Waals surface area contributed by atoms with Crippen LogP contribution in [0.2, 0.25) is 0 Å². The molecule has 0 heterocycles. The van der Waals surface area contributed by atoms with E-state index in [1.165, 1.54) is 18.2 Å². The Balaban J connectivity index is 2.98. The molecule has 0 unspecified atom stereocenters. The lowest BCUT2D eigenvalue weighted by molar-refractivity contribution is -0.384. The van der Waals surface area contributed by atoms with Gasteiger partial charge in [-0.2, -0.15) is 0 Å². The molecule has 0 aromatic heterocycles. The Morgan fingerprint density at radius 2 is 1.95 bits per heavy atom. The predicted octanol–water partition coefficient (Wildman–Crippen LogP) is 1.74. The monoisotopic (exact) mass is 280 g/mol. The molecule has 108 valence electrons. The van der Waals surface area contributed by atoms with Crippen LogP contribution in [0.1, 0.15) is 29.8 Å². The normalized spacial score (nSPS) is 12.0. The van der Waals surface area contributed by atoms with Gasteiger partial charge < -0.3 is 10.4 Å². The van der Waals surface area contributed by atoms with Gasteiger partial charge in [-0.05, 0) is 24.5 Å². The number of nitro benzene ring substituents is 1. The van der Waals surface area contributed by atoms with Crippen LogP contribution in [0.15, 0.2) is 18.2 Å². The minimum Gasteiger partial charge on any atom is -0.480 e. The number of non-ortho nitro benzene ring substituents is 1. The van der Waals surface area contributed by atoms with Gasteiger partial charge in [-0.3, -0.25) is 14.9 Å². The Morgan fingerprint density at radius 3 is 2.35 bits per heavy atom. The molecule has 0 fully saturated rings. The van der Waals surface area contributed by atoms with E-state index in [9.17, 15) is 19.7 Å². The minimum atomic E-state index is -1.12. The number of nitro groups is 1. The van der Waals surface area contributed by atoms with Gasteiger partial charge in [-0.1, -0.05) is 13.8 Å². The molecule has 2 N–H and O–H groups in total. The van der Waals surface area contributed by atoms with Gasteiger partial charge in [0.15, 0.2) is 0 Å². The van der Waals surface area contributed by atoms with Crippen molar-refractivity contribution in [2.45, 2.75) is 26.8 Å². The van der Waals surface area contributed by atoms with E-state index in [-0.39, 0.29) is 17.2 Å². The second kappa shape index (κ2) is 6.14. The lowest BCUT2D eigenvalue weighted by Gasteiger charge is -2.18. The standard InChI is InChI=1S/C13H16N2O5/c1-7(2)11(13(17)18)14-12(16)10-5-4-9(15(19)20)6-8(10)3/h4-7,11H,1-3H3,(H,14,16)(H,17,18)/t11-/m1/s1. The van der Waals surface area contributed by atoms with E-state index >= 15 is 0 Å². The molecule has 0 saturated heterocycles. The number of benzene rings is 1. The maximum atomic E-state index is 12.0. The molecular formula is C13H16N2O5. The fourth-order valence-electron chi connectivity index (χ4n) is 1.75. The van der Waals surface area contributed by atoms with Crippen molar-refractivity contribution in [1.29, 1.82) is 0 Å². The highest BCUT2D eigenvalue weighted by atomic mass is 16.6. The first-order valence-corrected chi connectivity index (χ1v) is 6.02. The first-order chi connectivity index (χ1) is 9.23. The maximum absolute atomic E-state index is 12.0. The summed E-state index contributed by atoms with van der Waals surface area (Å²) in [6.07, 6.45) is 0. The van der Waals surface area contributed by atoms with Crippen molar-refractivity contribution < 1.29 is 19.6 Å². The van der Waals surface area contributed by atoms with Crippen molar-refractivity contribution in [3.63, 3.8) is 0 Å². The van der Waals surface area contributed by atoms with Gasteiger partial charge in [-0.25, -0.2) is 4.79 Å².